The average molecular weight is 382 g/mol. The van der Waals surface area contributed by atoms with Crippen LogP contribution in [0.15, 0.2) is 84.9 Å². The number of carbonyl (C=O) groups is 1. The number of hydrogen-bond donors (Lipinski definition) is 1. The van der Waals surface area contributed by atoms with E-state index in [9.17, 15) is 4.79 Å². The van der Waals surface area contributed by atoms with Crippen molar-refractivity contribution in [3.63, 3.8) is 0 Å². The molecule has 0 aliphatic heterocycles. The van der Waals surface area contributed by atoms with Gasteiger partial charge in [0.2, 0.25) is 5.91 Å². The van der Waals surface area contributed by atoms with E-state index in [-0.39, 0.29) is 11.2 Å². The quantitative estimate of drug-likeness (QED) is 0.528. The minimum Gasteiger partial charge on any atom is -0.326 e. The summed E-state index contributed by atoms with van der Waals surface area (Å²) in [6.45, 7) is 0. The molecule has 0 aromatic heterocycles. The fraction of sp³-hybridized carbons (Fsp3) is 0.136. The molecular weight excluding hydrogens is 362 g/mol. The van der Waals surface area contributed by atoms with Crippen LogP contribution >= 0.6 is 23.4 Å². The van der Waals surface area contributed by atoms with Gasteiger partial charge < -0.3 is 5.32 Å². The highest BCUT2D eigenvalue weighted by atomic mass is 35.5. The average Bonchev–Trinajstić information content (AvgIpc) is 2.68. The fourth-order valence-corrected chi connectivity index (χ4v) is 4.03. The van der Waals surface area contributed by atoms with E-state index in [1.165, 1.54) is 11.1 Å². The molecule has 26 heavy (non-hydrogen) atoms. The molecule has 2 nitrogen and oxygen atoms in total. The maximum Gasteiger partial charge on any atom is 0.225 e. The van der Waals surface area contributed by atoms with Gasteiger partial charge in [0.05, 0.1) is 5.25 Å². The van der Waals surface area contributed by atoms with Crippen LogP contribution in [-0.2, 0) is 4.79 Å². The highest BCUT2D eigenvalue weighted by molar-refractivity contribution is 7.99. The van der Waals surface area contributed by atoms with Crippen LogP contribution in [0.2, 0.25) is 5.02 Å². The molecule has 0 spiro atoms. The molecule has 3 rings (SSSR count). The number of halogens is 1. The molecule has 0 radical (unpaired) electrons. The molecular formula is C22H20ClNOS. The molecule has 4 heteroatoms. The summed E-state index contributed by atoms with van der Waals surface area (Å²) in [5, 5.41) is 3.84. The second-order valence-corrected chi connectivity index (χ2v) is 7.53. The van der Waals surface area contributed by atoms with Gasteiger partial charge in [-0.1, -0.05) is 72.3 Å². The van der Waals surface area contributed by atoms with Crippen LogP contribution in [0.25, 0.3) is 0 Å². The zero-order valence-corrected chi connectivity index (χ0v) is 15.8. The van der Waals surface area contributed by atoms with Gasteiger partial charge in [-0.25, -0.2) is 0 Å². The molecule has 0 saturated carbocycles. The van der Waals surface area contributed by atoms with Crippen LogP contribution in [-0.4, -0.2) is 11.7 Å². The van der Waals surface area contributed by atoms with E-state index in [0.29, 0.717) is 6.42 Å². The van der Waals surface area contributed by atoms with Crippen LogP contribution in [0.1, 0.15) is 22.8 Å². The Bertz CT molecular complexity index is 822. The number of anilines is 1. The minimum atomic E-state index is 0.0339. The third-order valence-electron chi connectivity index (χ3n) is 3.95. The molecule has 0 saturated heterocycles. The number of rotatable bonds is 7. The van der Waals surface area contributed by atoms with Gasteiger partial charge in [0.1, 0.15) is 0 Å². The Morgan fingerprint density at radius 3 is 2.08 bits per heavy atom. The van der Waals surface area contributed by atoms with E-state index in [0.717, 1.165) is 16.5 Å². The predicted molar refractivity (Wildman–Crippen MR) is 112 cm³/mol. The molecule has 1 N–H and O–H groups in total. The van der Waals surface area contributed by atoms with Crippen LogP contribution in [0, 0.1) is 0 Å². The summed E-state index contributed by atoms with van der Waals surface area (Å²) in [5.41, 5.74) is 3.25. The lowest BCUT2D eigenvalue weighted by atomic mass is 10.0. The molecule has 1 amide bonds. The van der Waals surface area contributed by atoms with Gasteiger partial charge in [-0.3, -0.25) is 4.79 Å². The second-order valence-electron chi connectivity index (χ2n) is 5.88. The van der Waals surface area contributed by atoms with E-state index >= 15 is 0 Å². The molecule has 0 fully saturated rings. The summed E-state index contributed by atoms with van der Waals surface area (Å²) in [6, 6.07) is 27.8. The smallest absolute Gasteiger partial charge is 0.225 e. The number of benzene rings is 3. The molecule has 3 aromatic carbocycles. The Kier molecular flexibility index (Phi) is 6.75. The molecule has 132 valence electrons. The van der Waals surface area contributed by atoms with E-state index in [4.69, 9.17) is 11.6 Å². The number of hydrogen-bond acceptors (Lipinski definition) is 2. The molecule has 1 atom stereocenters. The van der Waals surface area contributed by atoms with Crippen LogP contribution < -0.4 is 5.32 Å². The topological polar surface area (TPSA) is 29.1 Å². The van der Waals surface area contributed by atoms with Crippen molar-refractivity contribution in [2.75, 3.05) is 11.1 Å². The van der Waals surface area contributed by atoms with Gasteiger partial charge in [0.15, 0.2) is 0 Å². The minimum absolute atomic E-state index is 0.0339. The van der Waals surface area contributed by atoms with Crippen molar-refractivity contribution in [1.29, 1.82) is 0 Å². The van der Waals surface area contributed by atoms with Crippen LogP contribution in [0.4, 0.5) is 5.69 Å². The van der Waals surface area contributed by atoms with E-state index in [1.54, 1.807) is 11.8 Å². The lowest BCUT2D eigenvalue weighted by molar-refractivity contribution is -0.115. The monoisotopic (exact) mass is 381 g/mol. The Morgan fingerprint density at radius 1 is 0.846 bits per heavy atom. The number of para-hydroxylation sites is 1. The number of nitrogens with one attached hydrogen (secondary N) is 1. The molecule has 1 unspecified atom stereocenters. The Morgan fingerprint density at radius 2 is 1.42 bits per heavy atom. The van der Waals surface area contributed by atoms with Gasteiger partial charge >= 0.3 is 0 Å². The molecule has 0 heterocycles. The lowest BCUT2D eigenvalue weighted by Gasteiger charge is -2.18. The lowest BCUT2D eigenvalue weighted by Crippen LogP contribution is -2.12. The third-order valence-corrected chi connectivity index (χ3v) is 5.52. The first-order chi connectivity index (χ1) is 12.7. The van der Waals surface area contributed by atoms with E-state index < -0.39 is 0 Å². The summed E-state index contributed by atoms with van der Waals surface area (Å²) >= 11 is 7.79. The molecule has 0 bridgehead atoms. The zero-order valence-electron chi connectivity index (χ0n) is 14.3. The van der Waals surface area contributed by atoms with E-state index in [2.05, 4.69) is 29.6 Å². The molecule has 0 aliphatic carbocycles. The number of thioether (sulfide) groups is 1. The van der Waals surface area contributed by atoms with Gasteiger partial charge in [-0.15, -0.1) is 11.8 Å². The summed E-state index contributed by atoms with van der Waals surface area (Å²) in [7, 11) is 0. The SMILES string of the molecule is O=C(CCSC(c1ccccc1)c1ccc(Cl)cc1)Nc1ccccc1. The van der Waals surface area contributed by atoms with Crippen molar-refractivity contribution in [3.8, 4) is 0 Å². The molecule has 3 aromatic rings. The third kappa shape index (κ3) is 5.38. The maximum atomic E-state index is 12.2. The van der Waals surface area contributed by atoms with Gasteiger partial charge in [-0.05, 0) is 35.4 Å². The van der Waals surface area contributed by atoms with Crippen molar-refractivity contribution in [3.05, 3.63) is 101 Å². The first kappa shape index (κ1) is 18.6. The van der Waals surface area contributed by atoms with E-state index in [1.807, 2.05) is 60.7 Å². The highest BCUT2D eigenvalue weighted by Crippen LogP contribution is 2.36. The Labute approximate surface area is 163 Å². The standard InChI is InChI=1S/C22H20ClNOS/c23-19-13-11-18(12-14-19)22(17-7-3-1-4-8-17)26-16-15-21(25)24-20-9-5-2-6-10-20/h1-14,22H,15-16H2,(H,24,25). The van der Waals surface area contributed by atoms with Gasteiger partial charge in [0, 0.05) is 22.9 Å². The van der Waals surface area contributed by atoms with Crippen LogP contribution in [0.5, 0.6) is 0 Å². The number of carbonyl (C=O) groups excluding carboxylic acids is 1. The zero-order chi connectivity index (χ0) is 18.2. The summed E-state index contributed by atoms with van der Waals surface area (Å²) in [4.78, 5) is 12.2. The number of amides is 1. The summed E-state index contributed by atoms with van der Waals surface area (Å²) in [5.74, 6) is 0.771. The normalized spacial score (nSPS) is 11.7. The predicted octanol–water partition coefficient (Wildman–Crippen LogP) is 6.19. The molecule has 0 aliphatic rings. The van der Waals surface area contributed by atoms with Crippen molar-refractivity contribution < 1.29 is 4.79 Å². The van der Waals surface area contributed by atoms with Gasteiger partial charge in [-0.2, -0.15) is 0 Å². The first-order valence-corrected chi connectivity index (χ1v) is 9.92. The largest absolute Gasteiger partial charge is 0.326 e. The second kappa shape index (κ2) is 9.46. The Balaban J connectivity index is 1.63. The summed E-state index contributed by atoms with van der Waals surface area (Å²) < 4.78 is 0. The Hall–Kier alpha value is -2.23. The highest BCUT2D eigenvalue weighted by Gasteiger charge is 2.15. The summed E-state index contributed by atoms with van der Waals surface area (Å²) in [6.07, 6.45) is 0.469. The van der Waals surface area contributed by atoms with Crippen molar-refractivity contribution >= 4 is 35.0 Å². The first-order valence-electron chi connectivity index (χ1n) is 8.49. The van der Waals surface area contributed by atoms with Crippen molar-refractivity contribution in [2.24, 2.45) is 0 Å². The fourth-order valence-electron chi connectivity index (χ4n) is 2.66. The van der Waals surface area contributed by atoms with Gasteiger partial charge in [0.25, 0.3) is 0 Å². The maximum absolute atomic E-state index is 12.2. The van der Waals surface area contributed by atoms with Crippen molar-refractivity contribution in [2.45, 2.75) is 11.7 Å². The van der Waals surface area contributed by atoms with Crippen molar-refractivity contribution in [1.82, 2.24) is 0 Å². The van der Waals surface area contributed by atoms with Crippen LogP contribution in [0.3, 0.4) is 0 Å².